The lowest BCUT2D eigenvalue weighted by molar-refractivity contribution is 0.202. The molecule has 2 aromatic rings. The van der Waals surface area contributed by atoms with Crippen LogP contribution in [0.2, 0.25) is 5.02 Å². The van der Waals surface area contributed by atoms with Crippen molar-refractivity contribution in [1.82, 2.24) is 0 Å². The van der Waals surface area contributed by atoms with Crippen molar-refractivity contribution >= 4 is 11.6 Å². The Bertz CT molecular complexity index is 617. The van der Waals surface area contributed by atoms with E-state index in [0.717, 1.165) is 12.2 Å². The van der Waals surface area contributed by atoms with Crippen molar-refractivity contribution in [1.29, 1.82) is 5.26 Å². The van der Waals surface area contributed by atoms with Gasteiger partial charge in [-0.3, -0.25) is 0 Å². The molecule has 0 unspecified atom stereocenters. The molecule has 20 heavy (non-hydrogen) atoms. The quantitative estimate of drug-likeness (QED) is 0.828. The molecule has 102 valence electrons. The summed E-state index contributed by atoms with van der Waals surface area (Å²) in [4.78, 5) is 0. The van der Waals surface area contributed by atoms with Crippen LogP contribution in [0.1, 0.15) is 11.1 Å². The zero-order valence-electron chi connectivity index (χ0n) is 11.1. The van der Waals surface area contributed by atoms with Crippen molar-refractivity contribution in [2.24, 2.45) is 0 Å². The van der Waals surface area contributed by atoms with E-state index in [0.29, 0.717) is 22.9 Å². The van der Waals surface area contributed by atoms with Gasteiger partial charge in [-0.2, -0.15) is 5.26 Å². The van der Waals surface area contributed by atoms with Crippen LogP contribution in [0.3, 0.4) is 0 Å². The van der Waals surface area contributed by atoms with Gasteiger partial charge in [-0.05, 0) is 36.2 Å². The van der Waals surface area contributed by atoms with Gasteiger partial charge >= 0.3 is 0 Å². The summed E-state index contributed by atoms with van der Waals surface area (Å²) in [6.07, 6.45) is 0.874. The highest BCUT2D eigenvalue weighted by atomic mass is 35.5. The normalized spacial score (nSPS) is 10.1. The second-order valence-electron chi connectivity index (χ2n) is 4.24. The summed E-state index contributed by atoms with van der Waals surface area (Å²) in [5.41, 5.74) is 1.63. The fourth-order valence-electron chi connectivity index (χ4n) is 1.73. The van der Waals surface area contributed by atoms with Gasteiger partial charge in [0.1, 0.15) is 17.6 Å². The Morgan fingerprint density at radius 3 is 2.40 bits per heavy atom. The summed E-state index contributed by atoms with van der Waals surface area (Å²) >= 11 is 5.96. The zero-order chi connectivity index (χ0) is 14.4. The van der Waals surface area contributed by atoms with Crippen LogP contribution >= 0.6 is 11.6 Å². The number of benzene rings is 2. The molecular weight excluding hydrogens is 274 g/mol. The summed E-state index contributed by atoms with van der Waals surface area (Å²) in [5.74, 6) is 1.34. The van der Waals surface area contributed by atoms with E-state index >= 15 is 0 Å². The molecule has 0 atom stereocenters. The highest BCUT2D eigenvalue weighted by Gasteiger charge is 2.03. The molecule has 0 heterocycles. The fourth-order valence-corrected chi connectivity index (χ4v) is 1.94. The van der Waals surface area contributed by atoms with Gasteiger partial charge < -0.3 is 9.47 Å². The first-order valence-corrected chi connectivity index (χ1v) is 6.56. The lowest BCUT2D eigenvalue weighted by Gasteiger charge is -2.07. The molecular formula is C16H14ClNO2. The van der Waals surface area contributed by atoms with E-state index < -0.39 is 0 Å². The molecule has 0 aromatic heterocycles. The topological polar surface area (TPSA) is 42.2 Å². The predicted molar refractivity (Wildman–Crippen MR) is 78.3 cm³/mol. The van der Waals surface area contributed by atoms with Crippen molar-refractivity contribution in [3.8, 4) is 17.6 Å². The van der Waals surface area contributed by atoms with Crippen LogP contribution < -0.4 is 4.74 Å². The summed E-state index contributed by atoms with van der Waals surface area (Å²) in [6, 6.07) is 14.8. The second-order valence-corrected chi connectivity index (χ2v) is 4.65. The highest BCUT2D eigenvalue weighted by Crippen LogP contribution is 2.26. The molecule has 0 aliphatic heterocycles. The first kappa shape index (κ1) is 14.4. The molecule has 0 bridgehead atoms. The zero-order valence-corrected chi connectivity index (χ0v) is 11.9. The minimum atomic E-state index is 0.390. The highest BCUT2D eigenvalue weighted by molar-refractivity contribution is 6.31. The molecule has 4 heteroatoms. The van der Waals surface area contributed by atoms with Gasteiger partial charge in [-0.1, -0.05) is 23.7 Å². The third-order valence-corrected chi connectivity index (χ3v) is 3.13. The lowest BCUT2D eigenvalue weighted by atomic mass is 10.1. The van der Waals surface area contributed by atoms with Crippen LogP contribution in [0.15, 0.2) is 42.5 Å². The standard InChI is InChI=1S/C16H14ClNO2/c1-19-9-8-12-2-5-14(6-3-12)20-15-7-4-13(11-18)16(17)10-15/h2-7,10H,8-9H2,1H3. The Balaban J connectivity index is 2.06. The first-order chi connectivity index (χ1) is 9.72. The Morgan fingerprint density at radius 2 is 1.80 bits per heavy atom. The Morgan fingerprint density at radius 1 is 1.10 bits per heavy atom. The maximum Gasteiger partial charge on any atom is 0.129 e. The van der Waals surface area contributed by atoms with Crippen molar-refractivity contribution in [3.05, 3.63) is 58.6 Å². The lowest BCUT2D eigenvalue weighted by Crippen LogP contribution is -1.94. The molecule has 0 aliphatic carbocycles. The monoisotopic (exact) mass is 287 g/mol. The molecule has 3 nitrogen and oxygen atoms in total. The molecule has 0 spiro atoms. The third-order valence-electron chi connectivity index (χ3n) is 2.81. The second kappa shape index (κ2) is 6.95. The minimum Gasteiger partial charge on any atom is -0.457 e. The van der Waals surface area contributed by atoms with Crippen molar-refractivity contribution in [2.75, 3.05) is 13.7 Å². The van der Waals surface area contributed by atoms with Crippen LogP contribution in [0.25, 0.3) is 0 Å². The van der Waals surface area contributed by atoms with Crippen molar-refractivity contribution in [2.45, 2.75) is 6.42 Å². The van der Waals surface area contributed by atoms with E-state index in [1.54, 1.807) is 25.3 Å². The predicted octanol–water partition coefficient (Wildman–Crippen LogP) is 4.19. The maximum absolute atomic E-state index is 8.81. The van der Waals surface area contributed by atoms with Gasteiger partial charge in [0.25, 0.3) is 0 Å². The average molecular weight is 288 g/mol. The minimum absolute atomic E-state index is 0.390. The van der Waals surface area contributed by atoms with Crippen LogP contribution in [0, 0.1) is 11.3 Å². The first-order valence-electron chi connectivity index (χ1n) is 6.18. The average Bonchev–Trinajstić information content (AvgIpc) is 2.47. The van der Waals surface area contributed by atoms with Gasteiger partial charge in [0.2, 0.25) is 0 Å². The van der Waals surface area contributed by atoms with Crippen LogP contribution in [0.5, 0.6) is 11.5 Å². The van der Waals surface area contributed by atoms with Gasteiger partial charge in [0, 0.05) is 13.2 Å². The molecule has 0 saturated heterocycles. The van der Waals surface area contributed by atoms with E-state index in [1.165, 1.54) is 5.56 Å². The van der Waals surface area contributed by atoms with E-state index in [-0.39, 0.29) is 0 Å². The molecule has 0 radical (unpaired) electrons. The van der Waals surface area contributed by atoms with E-state index in [1.807, 2.05) is 30.3 Å². The van der Waals surface area contributed by atoms with Crippen LogP contribution in [0.4, 0.5) is 0 Å². The molecule has 2 aromatic carbocycles. The van der Waals surface area contributed by atoms with Gasteiger partial charge in [0.15, 0.2) is 0 Å². The Labute approximate surface area is 123 Å². The number of halogens is 1. The molecule has 2 rings (SSSR count). The maximum atomic E-state index is 8.81. The summed E-state index contributed by atoms with van der Waals surface area (Å²) < 4.78 is 10.7. The largest absolute Gasteiger partial charge is 0.457 e. The van der Waals surface area contributed by atoms with Crippen molar-refractivity contribution < 1.29 is 9.47 Å². The van der Waals surface area contributed by atoms with Gasteiger partial charge in [-0.15, -0.1) is 0 Å². The number of nitrogens with zero attached hydrogens (tertiary/aromatic N) is 1. The molecule has 0 N–H and O–H groups in total. The SMILES string of the molecule is COCCc1ccc(Oc2ccc(C#N)c(Cl)c2)cc1. The third kappa shape index (κ3) is 3.74. The van der Waals surface area contributed by atoms with Crippen LogP contribution in [-0.2, 0) is 11.2 Å². The number of ether oxygens (including phenoxy) is 2. The number of rotatable bonds is 5. The van der Waals surface area contributed by atoms with Gasteiger partial charge in [-0.25, -0.2) is 0 Å². The van der Waals surface area contributed by atoms with E-state index in [4.69, 9.17) is 26.3 Å². The fraction of sp³-hybridized carbons (Fsp3) is 0.188. The van der Waals surface area contributed by atoms with Gasteiger partial charge in [0.05, 0.1) is 17.2 Å². The summed E-state index contributed by atoms with van der Waals surface area (Å²) in [7, 11) is 1.69. The number of hydrogen-bond acceptors (Lipinski definition) is 3. The smallest absolute Gasteiger partial charge is 0.129 e. The Hall–Kier alpha value is -2.02. The molecule has 0 aliphatic rings. The van der Waals surface area contributed by atoms with E-state index in [2.05, 4.69) is 0 Å². The summed E-state index contributed by atoms with van der Waals surface area (Å²) in [5, 5.41) is 9.21. The number of methoxy groups -OCH3 is 1. The number of nitriles is 1. The molecule has 0 amide bonds. The number of hydrogen-bond donors (Lipinski definition) is 0. The van der Waals surface area contributed by atoms with Crippen molar-refractivity contribution in [3.63, 3.8) is 0 Å². The Kier molecular flexibility index (Phi) is 5.00. The van der Waals surface area contributed by atoms with Crippen LogP contribution in [-0.4, -0.2) is 13.7 Å². The summed E-state index contributed by atoms with van der Waals surface area (Å²) in [6.45, 7) is 0.700. The molecule has 0 fully saturated rings. The molecule has 0 saturated carbocycles. The van der Waals surface area contributed by atoms with E-state index in [9.17, 15) is 0 Å².